The van der Waals surface area contributed by atoms with E-state index in [1.165, 1.54) is 25.7 Å². The standard InChI is InChI=1S/C12H27N/c1-6-7-8-11(2,3)9-12(4,5)10-13/h6-10,13H2,1-5H3. The molecule has 0 heterocycles. The van der Waals surface area contributed by atoms with Gasteiger partial charge in [-0.05, 0) is 30.2 Å². The Morgan fingerprint density at radius 3 is 1.92 bits per heavy atom. The molecule has 80 valence electrons. The first kappa shape index (κ1) is 13.0. The molecule has 1 heteroatoms. The highest BCUT2D eigenvalue weighted by molar-refractivity contribution is 4.79. The summed E-state index contributed by atoms with van der Waals surface area (Å²) >= 11 is 0. The molecule has 0 aromatic carbocycles. The molecule has 0 amide bonds. The molecule has 1 nitrogen and oxygen atoms in total. The second-order valence-corrected chi connectivity index (χ2v) is 5.81. The van der Waals surface area contributed by atoms with Gasteiger partial charge in [0, 0.05) is 0 Å². The van der Waals surface area contributed by atoms with E-state index >= 15 is 0 Å². The number of unbranched alkanes of at least 4 members (excludes halogenated alkanes) is 1. The molecule has 0 bridgehead atoms. The highest BCUT2D eigenvalue weighted by Gasteiger charge is 2.26. The summed E-state index contributed by atoms with van der Waals surface area (Å²) in [5, 5.41) is 0. The van der Waals surface area contributed by atoms with Gasteiger partial charge < -0.3 is 5.73 Å². The van der Waals surface area contributed by atoms with Crippen LogP contribution in [0.15, 0.2) is 0 Å². The molecule has 0 radical (unpaired) electrons. The van der Waals surface area contributed by atoms with E-state index in [9.17, 15) is 0 Å². The van der Waals surface area contributed by atoms with Crippen LogP contribution in [0, 0.1) is 10.8 Å². The van der Waals surface area contributed by atoms with Crippen molar-refractivity contribution in [3.05, 3.63) is 0 Å². The van der Waals surface area contributed by atoms with Crippen LogP contribution in [-0.4, -0.2) is 6.54 Å². The topological polar surface area (TPSA) is 26.0 Å². The Morgan fingerprint density at radius 2 is 1.54 bits per heavy atom. The zero-order valence-electron chi connectivity index (χ0n) is 10.1. The maximum absolute atomic E-state index is 5.74. The molecule has 0 atom stereocenters. The predicted molar refractivity (Wildman–Crippen MR) is 60.8 cm³/mol. The molecule has 0 aliphatic rings. The maximum atomic E-state index is 5.74. The van der Waals surface area contributed by atoms with Gasteiger partial charge in [0.1, 0.15) is 0 Å². The van der Waals surface area contributed by atoms with E-state index in [-0.39, 0.29) is 0 Å². The van der Waals surface area contributed by atoms with Crippen LogP contribution in [0.25, 0.3) is 0 Å². The fourth-order valence-corrected chi connectivity index (χ4v) is 2.11. The molecule has 13 heavy (non-hydrogen) atoms. The van der Waals surface area contributed by atoms with Crippen molar-refractivity contribution in [3.63, 3.8) is 0 Å². The second-order valence-electron chi connectivity index (χ2n) is 5.81. The highest BCUT2D eigenvalue weighted by Crippen LogP contribution is 2.36. The first-order valence-corrected chi connectivity index (χ1v) is 5.53. The van der Waals surface area contributed by atoms with Crippen molar-refractivity contribution in [2.75, 3.05) is 6.54 Å². The number of nitrogens with two attached hydrogens (primary N) is 1. The summed E-state index contributed by atoms with van der Waals surface area (Å²) in [5.41, 5.74) is 6.50. The lowest BCUT2D eigenvalue weighted by atomic mass is 9.73. The van der Waals surface area contributed by atoms with E-state index in [1.807, 2.05) is 0 Å². The van der Waals surface area contributed by atoms with Gasteiger partial charge in [0.25, 0.3) is 0 Å². The van der Waals surface area contributed by atoms with Gasteiger partial charge in [0.15, 0.2) is 0 Å². The molecule has 0 aromatic heterocycles. The summed E-state index contributed by atoms with van der Waals surface area (Å²) in [6.45, 7) is 12.3. The maximum Gasteiger partial charge on any atom is -0.00256 e. The lowest BCUT2D eigenvalue weighted by Crippen LogP contribution is -2.30. The lowest BCUT2D eigenvalue weighted by molar-refractivity contribution is 0.185. The van der Waals surface area contributed by atoms with E-state index in [0.29, 0.717) is 10.8 Å². The van der Waals surface area contributed by atoms with Gasteiger partial charge in [-0.15, -0.1) is 0 Å². The van der Waals surface area contributed by atoms with Crippen LogP contribution in [-0.2, 0) is 0 Å². The molecular formula is C12H27N. The van der Waals surface area contributed by atoms with Gasteiger partial charge in [-0.1, -0.05) is 47.5 Å². The minimum Gasteiger partial charge on any atom is -0.330 e. The molecule has 0 unspecified atom stereocenters. The Hall–Kier alpha value is -0.0400. The normalized spacial score (nSPS) is 13.4. The Labute approximate surface area is 84.1 Å². The van der Waals surface area contributed by atoms with Crippen LogP contribution >= 0.6 is 0 Å². The van der Waals surface area contributed by atoms with Gasteiger partial charge in [-0.3, -0.25) is 0 Å². The Bertz CT molecular complexity index is 136. The van der Waals surface area contributed by atoms with Gasteiger partial charge >= 0.3 is 0 Å². The second kappa shape index (κ2) is 4.99. The monoisotopic (exact) mass is 185 g/mol. The third-order valence-corrected chi connectivity index (χ3v) is 2.72. The Morgan fingerprint density at radius 1 is 1.00 bits per heavy atom. The van der Waals surface area contributed by atoms with Crippen LogP contribution < -0.4 is 5.73 Å². The van der Waals surface area contributed by atoms with Crippen molar-refractivity contribution in [1.29, 1.82) is 0 Å². The van der Waals surface area contributed by atoms with Crippen LogP contribution in [0.4, 0.5) is 0 Å². The number of rotatable bonds is 6. The van der Waals surface area contributed by atoms with E-state index < -0.39 is 0 Å². The van der Waals surface area contributed by atoms with Gasteiger partial charge in [-0.25, -0.2) is 0 Å². The minimum atomic E-state index is 0.303. The average Bonchev–Trinajstić information content (AvgIpc) is 1.99. The van der Waals surface area contributed by atoms with Gasteiger partial charge in [0.2, 0.25) is 0 Å². The number of hydrogen-bond donors (Lipinski definition) is 1. The molecule has 2 N–H and O–H groups in total. The third-order valence-electron chi connectivity index (χ3n) is 2.72. The van der Waals surface area contributed by atoms with Crippen LogP contribution in [0.2, 0.25) is 0 Å². The highest BCUT2D eigenvalue weighted by atomic mass is 14.6. The van der Waals surface area contributed by atoms with Crippen molar-refractivity contribution in [1.82, 2.24) is 0 Å². The fourth-order valence-electron chi connectivity index (χ4n) is 2.11. The van der Waals surface area contributed by atoms with Crippen LogP contribution in [0.1, 0.15) is 60.3 Å². The first-order chi connectivity index (χ1) is 5.83. The zero-order chi connectivity index (χ0) is 10.5. The summed E-state index contributed by atoms with van der Waals surface area (Å²) in [5.74, 6) is 0. The SMILES string of the molecule is CCCCC(C)(C)CC(C)(C)CN. The molecule has 0 saturated heterocycles. The van der Waals surface area contributed by atoms with Gasteiger partial charge in [-0.2, -0.15) is 0 Å². The summed E-state index contributed by atoms with van der Waals surface area (Å²) in [7, 11) is 0. The third kappa shape index (κ3) is 6.09. The number of hydrogen-bond acceptors (Lipinski definition) is 1. The summed E-state index contributed by atoms with van der Waals surface area (Å²) in [6, 6.07) is 0. The Balaban J connectivity index is 4.00. The molecule has 0 spiro atoms. The zero-order valence-corrected chi connectivity index (χ0v) is 10.1. The van der Waals surface area contributed by atoms with E-state index in [0.717, 1.165) is 6.54 Å². The lowest BCUT2D eigenvalue weighted by Gasteiger charge is -2.34. The van der Waals surface area contributed by atoms with Crippen molar-refractivity contribution < 1.29 is 0 Å². The van der Waals surface area contributed by atoms with Crippen molar-refractivity contribution in [2.45, 2.75) is 60.3 Å². The summed E-state index contributed by atoms with van der Waals surface area (Å²) in [4.78, 5) is 0. The molecule has 0 aromatic rings. The van der Waals surface area contributed by atoms with E-state index in [2.05, 4.69) is 34.6 Å². The predicted octanol–water partition coefficient (Wildman–Crippen LogP) is 3.58. The molecule has 0 aliphatic heterocycles. The molecule has 0 aliphatic carbocycles. The van der Waals surface area contributed by atoms with Crippen LogP contribution in [0.5, 0.6) is 0 Å². The van der Waals surface area contributed by atoms with E-state index in [4.69, 9.17) is 5.73 Å². The summed E-state index contributed by atoms with van der Waals surface area (Å²) < 4.78 is 0. The van der Waals surface area contributed by atoms with Crippen molar-refractivity contribution in [3.8, 4) is 0 Å². The fraction of sp³-hybridized carbons (Fsp3) is 1.00. The molecule has 0 rings (SSSR count). The Kier molecular flexibility index (Phi) is 4.98. The van der Waals surface area contributed by atoms with E-state index in [1.54, 1.807) is 0 Å². The minimum absolute atomic E-state index is 0.303. The van der Waals surface area contributed by atoms with Crippen molar-refractivity contribution >= 4 is 0 Å². The largest absolute Gasteiger partial charge is 0.330 e. The van der Waals surface area contributed by atoms with Crippen LogP contribution in [0.3, 0.4) is 0 Å². The average molecular weight is 185 g/mol. The van der Waals surface area contributed by atoms with Gasteiger partial charge in [0.05, 0.1) is 0 Å². The quantitative estimate of drug-likeness (QED) is 0.672. The molecule has 0 fully saturated rings. The smallest absolute Gasteiger partial charge is 0.00256 e. The molecule has 0 saturated carbocycles. The first-order valence-electron chi connectivity index (χ1n) is 5.53. The molecular weight excluding hydrogens is 158 g/mol. The summed E-state index contributed by atoms with van der Waals surface area (Å²) in [6.07, 6.45) is 5.20. The van der Waals surface area contributed by atoms with Crippen molar-refractivity contribution in [2.24, 2.45) is 16.6 Å².